The van der Waals surface area contributed by atoms with Crippen molar-refractivity contribution in [2.24, 2.45) is 0 Å². The number of carbonyl (C=O) groups excluding carboxylic acids is 1. The van der Waals surface area contributed by atoms with Crippen molar-refractivity contribution in [1.29, 1.82) is 0 Å². The molecule has 0 fully saturated rings. The highest BCUT2D eigenvalue weighted by Crippen LogP contribution is 2.30. The molecule has 0 spiro atoms. The van der Waals surface area contributed by atoms with Gasteiger partial charge in [-0.15, -0.1) is 0 Å². The van der Waals surface area contributed by atoms with Crippen LogP contribution >= 0.6 is 11.6 Å². The first-order chi connectivity index (χ1) is 8.13. The number of nitrogens with zero attached hydrogens (tertiary/aromatic N) is 2. The van der Waals surface area contributed by atoms with Crippen molar-refractivity contribution >= 4 is 23.2 Å². The molecular weight excluding hydrogens is 244 g/mol. The van der Waals surface area contributed by atoms with Crippen LogP contribution in [0.3, 0.4) is 0 Å². The van der Waals surface area contributed by atoms with Crippen LogP contribution in [0.25, 0.3) is 11.5 Å². The predicted octanol–water partition coefficient (Wildman–Crippen LogP) is 1.33. The lowest BCUT2D eigenvalue weighted by atomic mass is 10.2. The number of hydrogen-bond acceptors (Lipinski definition) is 5. The topological polar surface area (TPSA) is 94.0 Å². The zero-order valence-electron chi connectivity index (χ0n) is 8.90. The van der Waals surface area contributed by atoms with Crippen molar-refractivity contribution in [2.75, 3.05) is 12.8 Å². The number of aromatic nitrogens is 2. The number of hydrogen-bond donors (Lipinski definition) is 2. The molecule has 17 heavy (non-hydrogen) atoms. The predicted molar refractivity (Wildman–Crippen MR) is 62.5 cm³/mol. The zero-order chi connectivity index (χ0) is 12.4. The third-order valence-corrected chi connectivity index (χ3v) is 2.47. The van der Waals surface area contributed by atoms with E-state index in [-0.39, 0.29) is 11.7 Å². The Kier molecular flexibility index (Phi) is 2.97. The molecule has 0 aliphatic rings. The Morgan fingerprint density at radius 2 is 2.29 bits per heavy atom. The molecular formula is C10H9ClN4O2. The van der Waals surface area contributed by atoms with Crippen molar-refractivity contribution in [2.45, 2.75) is 0 Å². The quantitative estimate of drug-likeness (QED) is 0.787. The average molecular weight is 253 g/mol. The van der Waals surface area contributed by atoms with E-state index in [1.165, 1.54) is 7.05 Å². The molecule has 0 bridgehead atoms. The Labute approximate surface area is 102 Å². The Balaban J connectivity index is 2.44. The van der Waals surface area contributed by atoms with E-state index in [1.807, 2.05) is 0 Å². The number of para-hydroxylation sites is 1. The maximum Gasteiger partial charge on any atom is 0.292 e. The second kappa shape index (κ2) is 4.42. The lowest BCUT2D eigenvalue weighted by Crippen LogP contribution is -2.19. The lowest BCUT2D eigenvalue weighted by Gasteiger charge is -2.01. The summed E-state index contributed by atoms with van der Waals surface area (Å²) in [5.41, 5.74) is 6.61. The van der Waals surface area contributed by atoms with Gasteiger partial charge in [0.25, 0.3) is 17.6 Å². The third-order valence-electron chi connectivity index (χ3n) is 2.14. The van der Waals surface area contributed by atoms with Gasteiger partial charge in [0.05, 0.1) is 16.3 Å². The summed E-state index contributed by atoms with van der Waals surface area (Å²) in [7, 11) is 1.48. The van der Waals surface area contributed by atoms with Gasteiger partial charge < -0.3 is 15.6 Å². The maximum atomic E-state index is 11.3. The minimum atomic E-state index is -0.430. The first-order valence-electron chi connectivity index (χ1n) is 4.73. The van der Waals surface area contributed by atoms with E-state index in [1.54, 1.807) is 18.2 Å². The Hall–Kier alpha value is -2.08. The molecule has 2 aromatic rings. The van der Waals surface area contributed by atoms with E-state index >= 15 is 0 Å². The third kappa shape index (κ3) is 2.07. The molecule has 6 nitrogen and oxygen atoms in total. The molecule has 0 atom stereocenters. The summed E-state index contributed by atoms with van der Waals surface area (Å²) in [5, 5.41) is 6.32. The van der Waals surface area contributed by atoms with Crippen LogP contribution < -0.4 is 11.1 Å². The van der Waals surface area contributed by atoms with E-state index in [0.717, 1.165) is 0 Å². The number of carbonyl (C=O) groups is 1. The highest BCUT2D eigenvalue weighted by atomic mass is 35.5. The summed E-state index contributed by atoms with van der Waals surface area (Å²) in [6.07, 6.45) is 0. The van der Waals surface area contributed by atoms with Crippen molar-refractivity contribution in [3.05, 3.63) is 29.0 Å². The summed E-state index contributed by atoms with van der Waals surface area (Å²) in [5.74, 6) is -0.328. The first kappa shape index (κ1) is 11.4. The molecule has 7 heteroatoms. The fourth-order valence-corrected chi connectivity index (χ4v) is 1.43. The number of rotatable bonds is 2. The number of amides is 1. The number of benzene rings is 1. The van der Waals surface area contributed by atoms with Gasteiger partial charge in [0.2, 0.25) is 0 Å². The molecule has 1 aromatic carbocycles. The summed E-state index contributed by atoms with van der Waals surface area (Å²) in [6.45, 7) is 0. The minimum Gasteiger partial charge on any atom is -0.397 e. The molecule has 0 unspecified atom stereocenters. The summed E-state index contributed by atoms with van der Waals surface area (Å²) in [6, 6.07) is 5.04. The van der Waals surface area contributed by atoms with Crippen LogP contribution in [-0.2, 0) is 0 Å². The van der Waals surface area contributed by atoms with Crippen LogP contribution in [0.15, 0.2) is 22.7 Å². The standard InChI is InChI=1S/C10H9ClN4O2/c1-13-9(16)8-14-10(17-15-8)5-3-2-4-6(11)7(5)12/h2-4H,12H2,1H3,(H,13,16). The number of nitrogens with one attached hydrogen (secondary N) is 1. The SMILES string of the molecule is CNC(=O)c1noc(-c2cccc(Cl)c2N)n1. The maximum absolute atomic E-state index is 11.3. The van der Waals surface area contributed by atoms with E-state index in [0.29, 0.717) is 16.3 Å². The molecule has 0 saturated heterocycles. The summed E-state index contributed by atoms with van der Waals surface area (Å²) >= 11 is 5.87. The van der Waals surface area contributed by atoms with Gasteiger partial charge in [-0.1, -0.05) is 22.8 Å². The number of anilines is 1. The number of nitrogens with two attached hydrogens (primary N) is 1. The zero-order valence-corrected chi connectivity index (χ0v) is 9.65. The molecule has 1 amide bonds. The largest absolute Gasteiger partial charge is 0.397 e. The van der Waals surface area contributed by atoms with Crippen molar-refractivity contribution in [3.8, 4) is 11.5 Å². The van der Waals surface area contributed by atoms with Crippen molar-refractivity contribution in [1.82, 2.24) is 15.5 Å². The Morgan fingerprint density at radius 3 is 3.00 bits per heavy atom. The van der Waals surface area contributed by atoms with Gasteiger partial charge in [0.15, 0.2) is 0 Å². The van der Waals surface area contributed by atoms with Crippen LogP contribution in [0.5, 0.6) is 0 Å². The molecule has 0 saturated carbocycles. The Morgan fingerprint density at radius 1 is 1.53 bits per heavy atom. The van der Waals surface area contributed by atoms with Crippen LogP contribution in [0.4, 0.5) is 5.69 Å². The molecule has 0 radical (unpaired) electrons. The molecule has 0 aliphatic carbocycles. The number of halogens is 1. The highest BCUT2D eigenvalue weighted by Gasteiger charge is 2.16. The highest BCUT2D eigenvalue weighted by molar-refractivity contribution is 6.33. The Bertz CT molecular complexity index is 567. The summed E-state index contributed by atoms with van der Waals surface area (Å²) in [4.78, 5) is 15.2. The van der Waals surface area contributed by atoms with Gasteiger partial charge in [0, 0.05) is 7.05 Å². The van der Waals surface area contributed by atoms with E-state index in [9.17, 15) is 4.79 Å². The second-order valence-corrected chi connectivity index (χ2v) is 3.61. The van der Waals surface area contributed by atoms with Crippen LogP contribution in [-0.4, -0.2) is 23.1 Å². The fourth-order valence-electron chi connectivity index (χ4n) is 1.26. The van der Waals surface area contributed by atoms with Crippen LogP contribution in [0.2, 0.25) is 5.02 Å². The molecule has 1 heterocycles. The van der Waals surface area contributed by atoms with Gasteiger partial charge in [-0.2, -0.15) is 4.98 Å². The number of nitrogen functional groups attached to an aromatic ring is 1. The normalized spacial score (nSPS) is 10.2. The van der Waals surface area contributed by atoms with E-state index < -0.39 is 5.91 Å². The minimum absolute atomic E-state index is 0.0538. The van der Waals surface area contributed by atoms with Gasteiger partial charge in [-0.05, 0) is 12.1 Å². The molecule has 88 valence electrons. The van der Waals surface area contributed by atoms with E-state index in [4.69, 9.17) is 21.9 Å². The molecule has 1 aromatic heterocycles. The fraction of sp³-hybridized carbons (Fsp3) is 0.100. The van der Waals surface area contributed by atoms with Crippen LogP contribution in [0.1, 0.15) is 10.6 Å². The van der Waals surface area contributed by atoms with Gasteiger partial charge in [-0.3, -0.25) is 4.79 Å². The van der Waals surface area contributed by atoms with Gasteiger partial charge >= 0.3 is 0 Å². The van der Waals surface area contributed by atoms with E-state index in [2.05, 4.69) is 15.5 Å². The lowest BCUT2D eigenvalue weighted by molar-refractivity contribution is 0.0950. The molecule has 0 aliphatic heterocycles. The smallest absolute Gasteiger partial charge is 0.292 e. The van der Waals surface area contributed by atoms with Gasteiger partial charge in [0.1, 0.15) is 0 Å². The second-order valence-electron chi connectivity index (χ2n) is 3.20. The van der Waals surface area contributed by atoms with Crippen LogP contribution in [0, 0.1) is 0 Å². The van der Waals surface area contributed by atoms with Crippen molar-refractivity contribution in [3.63, 3.8) is 0 Å². The first-order valence-corrected chi connectivity index (χ1v) is 5.11. The molecule has 3 N–H and O–H groups in total. The van der Waals surface area contributed by atoms with Gasteiger partial charge in [-0.25, -0.2) is 0 Å². The van der Waals surface area contributed by atoms with Crippen molar-refractivity contribution < 1.29 is 9.32 Å². The summed E-state index contributed by atoms with van der Waals surface area (Å²) < 4.78 is 4.95. The monoisotopic (exact) mass is 252 g/mol. The average Bonchev–Trinajstić information content (AvgIpc) is 2.81. The molecule has 2 rings (SSSR count).